The molecule has 0 spiro atoms. The first kappa shape index (κ1) is 17.8. The Labute approximate surface area is 157 Å². The van der Waals surface area contributed by atoms with E-state index in [1.54, 1.807) is 16.4 Å². The van der Waals surface area contributed by atoms with Gasteiger partial charge in [-0.15, -0.1) is 0 Å². The summed E-state index contributed by atoms with van der Waals surface area (Å²) in [5.74, 6) is 0. The largest absolute Gasteiger partial charge is 0.298 e. The first-order valence-electron chi connectivity index (χ1n) is 8.08. The lowest BCUT2D eigenvalue weighted by molar-refractivity contribution is 0.278. The zero-order chi connectivity index (χ0) is 17.0. The molecule has 3 rings (SSSR count). The minimum atomic E-state index is -3.40. The minimum Gasteiger partial charge on any atom is -0.298 e. The van der Waals surface area contributed by atoms with Crippen LogP contribution in [0, 0.1) is 3.57 Å². The van der Waals surface area contributed by atoms with Crippen molar-refractivity contribution in [3.05, 3.63) is 63.7 Å². The maximum absolute atomic E-state index is 12.8. The van der Waals surface area contributed by atoms with E-state index < -0.39 is 10.0 Å². The van der Waals surface area contributed by atoms with Gasteiger partial charge in [0.05, 0.1) is 4.90 Å². The summed E-state index contributed by atoms with van der Waals surface area (Å²) < 4.78 is 28.3. The molecule has 128 valence electrons. The van der Waals surface area contributed by atoms with Gasteiger partial charge in [-0.05, 0) is 65.4 Å². The summed E-state index contributed by atoms with van der Waals surface area (Å²) in [6.07, 6.45) is 0.858. The van der Waals surface area contributed by atoms with Gasteiger partial charge in [0.2, 0.25) is 10.0 Å². The molecular weight excluding hydrogens is 435 g/mol. The summed E-state index contributed by atoms with van der Waals surface area (Å²) in [5, 5.41) is 0. The smallest absolute Gasteiger partial charge is 0.243 e. The Hall–Kier alpha value is -0.960. The van der Waals surface area contributed by atoms with E-state index in [2.05, 4.69) is 39.6 Å². The second-order valence-corrected chi connectivity index (χ2v) is 9.16. The van der Waals surface area contributed by atoms with Crippen LogP contribution in [0.3, 0.4) is 0 Å². The van der Waals surface area contributed by atoms with Crippen molar-refractivity contribution < 1.29 is 8.42 Å². The molecule has 0 aliphatic carbocycles. The second kappa shape index (κ2) is 7.95. The summed E-state index contributed by atoms with van der Waals surface area (Å²) in [6, 6.07) is 17.4. The summed E-state index contributed by atoms with van der Waals surface area (Å²) in [6.45, 7) is 3.69. The molecule has 0 bridgehead atoms. The van der Waals surface area contributed by atoms with Gasteiger partial charge in [0, 0.05) is 29.7 Å². The maximum atomic E-state index is 12.8. The molecule has 1 saturated heterocycles. The van der Waals surface area contributed by atoms with Gasteiger partial charge in [0.15, 0.2) is 0 Å². The number of rotatable bonds is 4. The number of sulfonamides is 1. The fraction of sp³-hybridized carbons (Fsp3) is 0.333. The third kappa shape index (κ3) is 4.36. The molecule has 4 nitrogen and oxygen atoms in total. The highest BCUT2D eigenvalue weighted by Gasteiger charge is 2.26. The molecule has 0 radical (unpaired) electrons. The molecule has 0 saturated carbocycles. The number of nitrogens with zero attached hydrogens (tertiary/aromatic N) is 2. The van der Waals surface area contributed by atoms with Crippen molar-refractivity contribution in [3.63, 3.8) is 0 Å². The van der Waals surface area contributed by atoms with Crippen LogP contribution < -0.4 is 0 Å². The molecule has 0 amide bonds. The van der Waals surface area contributed by atoms with Gasteiger partial charge >= 0.3 is 0 Å². The van der Waals surface area contributed by atoms with E-state index in [0.29, 0.717) is 18.0 Å². The van der Waals surface area contributed by atoms with Gasteiger partial charge in [-0.25, -0.2) is 8.42 Å². The lowest BCUT2D eigenvalue weighted by atomic mass is 10.2. The Balaban J connectivity index is 1.67. The van der Waals surface area contributed by atoms with Crippen LogP contribution in [-0.4, -0.2) is 43.8 Å². The highest BCUT2D eigenvalue weighted by molar-refractivity contribution is 14.1. The van der Waals surface area contributed by atoms with Crippen LogP contribution in [0.4, 0.5) is 0 Å². The van der Waals surface area contributed by atoms with Crippen molar-refractivity contribution in [1.82, 2.24) is 9.21 Å². The molecular formula is C18H21IN2O2S. The Bertz CT molecular complexity index is 763. The highest BCUT2D eigenvalue weighted by Crippen LogP contribution is 2.19. The number of halogens is 1. The normalized spacial score (nSPS) is 17.5. The molecule has 2 aromatic rings. The number of benzene rings is 2. The van der Waals surface area contributed by atoms with Gasteiger partial charge in [0.1, 0.15) is 0 Å². The predicted molar refractivity (Wildman–Crippen MR) is 104 cm³/mol. The summed E-state index contributed by atoms with van der Waals surface area (Å²) >= 11 is 2.18. The van der Waals surface area contributed by atoms with Crippen molar-refractivity contribution in [1.29, 1.82) is 0 Å². The summed E-state index contributed by atoms with van der Waals surface area (Å²) in [5.41, 5.74) is 1.27. The molecule has 1 heterocycles. The van der Waals surface area contributed by atoms with Crippen LogP contribution in [0.5, 0.6) is 0 Å². The molecule has 24 heavy (non-hydrogen) atoms. The zero-order valence-electron chi connectivity index (χ0n) is 13.4. The summed E-state index contributed by atoms with van der Waals surface area (Å²) in [4.78, 5) is 2.72. The topological polar surface area (TPSA) is 40.6 Å². The van der Waals surface area contributed by atoms with Crippen LogP contribution in [0.15, 0.2) is 59.5 Å². The van der Waals surface area contributed by atoms with Gasteiger partial charge in [0.25, 0.3) is 0 Å². The van der Waals surface area contributed by atoms with Crippen molar-refractivity contribution in [2.45, 2.75) is 17.9 Å². The standard InChI is InChI=1S/C18H21IN2O2S/c19-17-7-9-18(10-8-17)24(22,23)21-12-4-11-20(13-14-21)15-16-5-2-1-3-6-16/h1-3,5-10H,4,11-15H2. The Morgan fingerprint density at radius 1 is 0.875 bits per heavy atom. The molecule has 1 fully saturated rings. The first-order valence-corrected chi connectivity index (χ1v) is 10.6. The molecule has 1 aliphatic heterocycles. The van der Waals surface area contributed by atoms with Gasteiger partial charge < -0.3 is 0 Å². The second-order valence-electron chi connectivity index (χ2n) is 5.97. The van der Waals surface area contributed by atoms with Crippen LogP contribution in [0.25, 0.3) is 0 Å². The van der Waals surface area contributed by atoms with Gasteiger partial charge in [-0.2, -0.15) is 4.31 Å². The molecule has 1 aliphatic rings. The molecule has 6 heteroatoms. The average molecular weight is 456 g/mol. The molecule has 0 atom stereocenters. The van der Waals surface area contributed by atoms with Gasteiger partial charge in [-0.1, -0.05) is 30.3 Å². The molecule has 0 aromatic heterocycles. The van der Waals surface area contributed by atoms with E-state index in [0.717, 1.165) is 29.6 Å². The number of hydrogen-bond acceptors (Lipinski definition) is 3. The average Bonchev–Trinajstić information content (AvgIpc) is 2.82. The van der Waals surface area contributed by atoms with Crippen LogP contribution in [0.2, 0.25) is 0 Å². The monoisotopic (exact) mass is 456 g/mol. The molecule has 0 unspecified atom stereocenters. The van der Waals surface area contributed by atoms with Crippen LogP contribution in [-0.2, 0) is 16.6 Å². The third-order valence-corrected chi connectivity index (χ3v) is 6.88. The van der Waals surface area contributed by atoms with Crippen LogP contribution in [0.1, 0.15) is 12.0 Å². The fourth-order valence-corrected chi connectivity index (χ4v) is 4.77. The zero-order valence-corrected chi connectivity index (χ0v) is 16.4. The molecule has 0 N–H and O–H groups in total. The van der Waals surface area contributed by atoms with E-state index >= 15 is 0 Å². The Kier molecular flexibility index (Phi) is 5.91. The van der Waals surface area contributed by atoms with Gasteiger partial charge in [-0.3, -0.25) is 4.90 Å². The van der Waals surface area contributed by atoms with Crippen molar-refractivity contribution in [2.75, 3.05) is 26.2 Å². The van der Waals surface area contributed by atoms with E-state index in [9.17, 15) is 8.42 Å². The fourth-order valence-electron chi connectivity index (χ4n) is 2.94. The van der Waals surface area contributed by atoms with Crippen molar-refractivity contribution in [3.8, 4) is 0 Å². The maximum Gasteiger partial charge on any atom is 0.243 e. The third-order valence-electron chi connectivity index (χ3n) is 4.25. The lowest BCUT2D eigenvalue weighted by Gasteiger charge is -2.22. The highest BCUT2D eigenvalue weighted by atomic mass is 127. The Morgan fingerprint density at radius 3 is 2.29 bits per heavy atom. The lowest BCUT2D eigenvalue weighted by Crippen LogP contribution is -2.35. The Morgan fingerprint density at radius 2 is 1.58 bits per heavy atom. The van der Waals surface area contributed by atoms with E-state index in [1.165, 1.54) is 5.56 Å². The SMILES string of the molecule is O=S(=O)(c1ccc(I)cc1)N1CCCN(Cc2ccccc2)CC1. The van der Waals surface area contributed by atoms with Crippen LogP contribution >= 0.6 is 22.6 Å². The van der Waals surface area contributed by atoms with E-state index in [1.807, 2.05) is 30.3 Å². The first-order chi connectivity index (χ1) is 11.6. The predicted octanol–water partition coefficient (Wildman–Crippen LogP) is 3.19. The quantitative estimate of drug-likeness (QED) is 0.664. The molecule has 2 aromatic carbocycles. The van der Waals surface area contributed by atoms with Crippen molar-refractivity contribution in [2.24, 2.45) is 0 Å². The van der Waals surface area contributed by atoms with E-state index in [4.69, 9.17) is 0 Å². The number of hydrogen-bond donors (Lipinski definition) is 0. The van der Waals surface area contributed by atoms with Crippen molar-refractivity contribution >= 4 is 32.6 Å². The minimum absolute atomic E-state index is 0.388. The summed E-state index contributed by atoms with van der Waals surface area (Å²) in [7, 11) is -3.40. The van der Waals surface area contributed by atoms with E-state index in [-0.39, 0.29) is 0 Å².